The van der Waals surface area contributed by atoms with Crippen molar-refractivity contribution in [2.45, 2.75) is 94.8 Å². The Morgan fingerprint density at radius 2 is 1.68 bits per heavy atom. The molecule has 3 heterocycles. The lowest BCUT2D eigenvalue weighted by atomic mass is 9.68. The third kappa shape index (κ3) is 4.71. The van der Waals surface area contributed by atoms with E-state index in [1.165, 1.54) is 44.9 Å². The van der Waals surface area contributed by atoms with Gasteiger partial charge in [0.15, 0.2) is 5.69 Å². The molecule has 2 aliphatic carbocycles. The highest BCUT2D eigenvalue weighted by molar-refractivity contribution is 6.10. The molecule has 3 unspecified atom stereocenters. The van der Waals surface area contributed by atoms with Crippen LogP contribution in [0.5, 0.6) is 0 Å². The minimum Gasteiger partial charge on any atom is -0.479 e. The molecule has 0 radical (unpaired) electrons. The fraction of sp³-hybridized carbons (Fsp3) is 0.621. The van der Waals surface area contributed by atoms with E-state index in [0.717, 1.165) is 43.0 Å². The number of carboxylic acids is 1. The van der Waals surface area contributed by atoms with Crippen LogP contribution in [-0.4, -0.2) is 56.0 Å². The summed E-state index contributed by atoms with van der Waals surface area (Å²) in [5.41, 5.74) is 0.600. The van der Waals surface area contributed by atoms with Crippen molar-refractivity contribution in [1.82, 2.24) is 14.5 Å². The molecule has 4 fully saturated rings. The molecular weight excluding hydrogens is 482 g/mol. The van der Waals surface area contributed by atoms with Crippen molar-refractivity contribution in [1.29, 1.82) is 5.26 Å². The van der Waals surface area contributed by atoms with Crippen molar-refractivity contribution < 1.29 is 14.7 Å². The second-order valence-corrected chi connectivity index (χ2v) is 11.7. The summed E-state index contributed by atoms with van der Waals surface area (Å²) in [6.07, 6.45) is 13.6. The zero-order chi connectivity index (χ0) is 26.2. The van der Waals surface area contributed by atoms with Gasteiger partial charge in [0.1, 0.15) is 6.07 Å². The molecule has 4 aliphatic rings. The molecule has 200 valence electrons. The molecule has 6 atom stereocenters. The lowest BCUT2D eigenvalue weighted by Gasteiger charge is -2.55. The van der Waals surface area contributed by atoms with Crippen LogP contribution in [0.1, 0.15) is 82.4 Å². The van der Waals surface area contributed by atoms with E-state index in [1.54, 1.807) is 0 Å². The molecule has 0 spiro atoms. The summed E-state index contributed by atoms with van der Waals surface area (Å²) in [5, 5.41) is 22.2. The van der Waals surface area contributed by atoms with Crippen LogP contribution >= 0.6 is 0 Å². The standard InChI is InChI=1S/C29H35N5O4/c30-16-25(32-38-17-27(35)36)28-29(37)34(26-10-2-1-9-24(26)31-28)23-14-20-7-4-8-21(15-23)33(20)22-12-18-5-3-6-19(11-18)13-22/h1-2,9-10,18-23H,3-8,11-15,17H2,(H,35,36)/b32-25+/t18-,19+,20-,21?,22?,23?/m1/s1. The lowest BCUT2D eigenvalue weighted by Crippen LogP contribution is -2.58. The van der Waals surface area contributed by atoms with E-state index in [-0.39, 0.29) is 23.0 Å². The minimum absolute atomic E-state index is 0.00340. The number of para-hydroxylation sites is 2. The van der Waals surface area contributed by atoms with Crippen LogP contribution in [0, 0.1) is 23.2 Å². The first-order valence-corrected chi connectivity index (χ1v) is 14.1. The first kappa shape index (κ1) is 25.1. The number of nitrogens with zero attached hydrogens (tertiary/aromatic N) is 5. The summed E-state index contributed by atoms with van der Waals surface area (Å²) in [6, 6.07) is 11.0. The van der Waals surface area contributed by atoms with Gasteiger partial charge in [0.05, 0.1) is 11.0 Å². The molecule has 2 saturated heterocycles. The second kappa shape index (κ2) is 10.5. The Labute approximate surface area is 222 Å². The molecule has 9 nitrogen and oxygen atoms in total. The summed E-state index contributed by atoms with van der Waals surface area (Å²) < 4.78 is 1.83. The van der Waals surface area contributed by atoms with E-state index < -0.39 is 12.6 Å². The number of aromatic nitrogens is 2. The molecular formula is C29H35N5O4. The van der Waals surface area contributed by atoms with Crippen molar-refractivity contribution in [3.63, 3.8) is 0 Å². The van der Waals surface area contributed by atoms with Crippen LogP contribution in [0.4, 0.5) is 0 Å². The molecule has 0 amide bonds. The Balaban J connectivity index is 1.34. The zero-order valence-electron chi connectivity index (χ0n) is 21.7. The average molecular weight is 518 g/mol. The SMILES string of the molecule is N#C/C(=N\OCC(=O)O)c1nc2ccccc2n(C2CC3CCC[C@H](C2)N3C2C[C@H]3CCC[C@@H](C2)C3)c1=O. The van der Waals surface area contributed by atoms with Gasteiger partial charge in [-0.1, -0.05) is 43.0 Å². The number of piperidine rings is 2. The Morgan fingerprint density at radius 3 is 2.37 bits per heavy atom. The number of hydrogen-bond donors (Lipinski definition) is 1. The van der Waals surface area contributed by atoms with Crippen LogP contribution in [0.3, 0.4) is 0 Å². The lowest BCUT2D eigenvalue weighted by molar-refractivity contribution is -0.142. The number of carboxylic acid groups (broad SMARTS) is 1. The predicted octanol–water partition coefficient (Wildman–Crippen LogP) is 4.25. The fourth-order valence-corrected chi connectivity index (χ4v) is 8.08. The summed E-state index contributed by atoms with van der Waals surface area (Å²) in [4.78, 5) is 36.9. The smallest absolute Gasteiger partial charge is 0.344 e. The van der Waals surface area contributed by atoms with E-state index in [9.17, 15) is 14.9 Å². The minimum atomic E-state index is -1.21. The van der Waals surface area contributed by atoms with E-state index in [4.69, 9.17) is 9.94 Å². The van der Waals surface area contributed by atoms with Crippen LogP contribution in [0.25, 0.3) is 11.0 Å². The molecule has 4 bridgehead atoms. The van der Waals surface area contributed by atoms with Crippen molar-refractivity contribution in [3.8, 4) is 6.07 Å². The number of benzene rings is 1. The number of aliphatic carboxylic acids is 1. The summed E-state index contributed by atoms with van der Waals surface area (Å²) in [7, 11) is 0. The average Bonchev–Trinajstić information content (AvgIpc) is 2.90. The summed E-state index contributed by atoms with van der Waals surface area (Å²) in [5.74, 6) is 0.550. The number of oxime groups is 1. The van der Waals surface area contributed by atoms with Gasteiger partial charge in [-0.2, -0.15) is 5.26 Å². The van der Waals surface area contributed by atoms with Crippen LogP contribution in [0.15, 0.2) is 34.2 Å². The van der Waals surface area contributed by atoms with Gasteiger partial charge in [0.2, 0.25) is 12.3 Å². The van der Waals surface area contributed by atoms with Gasteiger partial charge in [0, 0.05) is 24.2 Å². The highest BCUT2D eigenvalue weighted by Gasteiger charge is 2.45. The molecule has 1 aromatic heterocycles. The maximum Gasteiger partial charge on any atom is 0.344 e. The Bertz CT molecular complexity index is 1320. The first-order valence-electron chi connectivity index (χ1n) is 14.1. The maximum atomic E-state index is 13.9. The van der Waals surface area contributed by atoms with Crippen LogP contribution < -0.4 is 5.56 Å². The fourth-order valence-electron chi connectivity index (χ4n) is 8.08. The van der Waals surface area contributed by atoms with Gasteiger partial charge < -0.3 is 14.5 Å². The van der Waals surface area contributed by atoms with Crippen LogP contribution in [-0.2, 0) is 9.63 Å². The van der Waals surface area contributed by atoms with Gasteiger partial charge >= 0.3 is 5.97 Å². The molecule has 9 heteroatoms. The number of rotatable bonds is 6. The molecule has 1 N–H and O–H groups in total. The zero-order valence-corrected chi connectivity index (χ0v) is 21.7. The van der Waals surface area contributed by atoms with Crippen molar-refractivity contribution in [3.05, 3.63) is 40.3 Å². The normalized spacial score (nSPS) is 31.5. The Hall–Kier alpha value is -3.25. The molecule has 2 aliphatic heterocycles. The molecule has 2 saturated carbocycles. The highest BCUT2D eigenvalue weighted by atomic mass is 16.6. The van der Waals surface area contributed by atoms with Gasteiger partial charge in [-0.15, -0.1) is 0 Å². The van der Waals surface area contributed by atoms with Gasteiger partial charge in [-0.05, 0) is 68.9 Å². The monoisotopic (exact) mass is 517 g/mol. The van der Waals surface area contributed by atoms with Gasteiger partial charge in [-0.25, -0.2) is 9.78 Å². The molecule has 1 aromatic carbocycles. The van der Waals surface area contributed by atoms with E-state index >= 15 is 0 Å². The predicted molar refractivity (Wildman–Crippen MR) is 142 cm³/mol. The Kier molecular flexibility index (Phi) is 6.91. The maximum absolute atomic E-state index is 13.9. The number of carbonyl (C=O) groups is 1. The first-order chi connectivity index (χ1) is 18.5. The van der Waals surface area contributed by atoms with E-state index in [2.05, 4.69) is 15.0 Å². The topological polar surface area (TPSA) is 121 Å². The molecule has 2 aromatic rings. The molecule has 38 heavy (non-hydrogen) atoms. The van der Waals surface area contributed by atoms with E-state index in [0.29, 0.717) is 23.6 Å². The summed E-state index contributed by atoms with van der Waals surface area (Å²) in [6.45, 7) is -0.697. The third-order valence-electron chi connectivity index (χ3n) is 9.36. The van der Waals surface area contributed by atoms with Gasteiger partial charge in [0.25, 0.3) is 5.56 Å². The van der Waals surface area contributed by atoms with Gasteiger partial charge in [-0.3, -0.25) is 9.69 Å². The van der Waals surface area contributed by atoms with Crippen molar-refractivity contribution in [2.75, 3.05) is 6.61 Å². The molecule has 6 rings (SSSR count). The second-order valence-electron chi connectivity index (χ2n) is 11.7. The van der Waals surface area contributed by atoms with Crippen LogP contribution in [0.2, 0.25) is 0 Å². The number of nitriles is 1. The summed E-state index contributed by atoms with van der Waals surface area (Å²) >= 11 is 0. The van der Waals surface area contributed by atoms with Crippen molar-refractivity contribution in [2.24, 2.45) is 17.0 Å². The quantitative estimate of drug-likeness (QED) is 0.449. The van der Waals surface area contributed by atoms with Crippen molar-refractivity contribution >= 4 is 22.7 Å². The highest BCUT2D eigenvalue weighted by Crippen LogP contribution is 2.47. The Morgan fingerprint density at radius 1 is 1.00 bits per heavy atom. The largest absolute Gasteiger partial charge is 0.479 e. The van der Waals surface area contributed by atoms with E-state index in [1.807, 2.05) is 34.9 Å². The third-order valence-corrected chi connectivity index (χ3v) is 9.36. The number of fused-ring (bicyclic) bond motifs is 5. The number of hydrogen-bond acceptors (Lipinski definition) is 7.